The maximum absolute atomic E-state index is 12.0. The van der Waals surface area contributed by atoms with E-state index in [1.165, 1.54) is 60.1 Å². The van der Waals surface area contributed by atoms with Crippen LogP contribution in [0, 0.1) is 10.8 Å². The molecule has 0 aliphatic carbocycles. The molecule has 230 valence electrons. The van der Waals surface area contributed by atoms with Gasteiger partial charge in [0.2, 0.25) is 5.90 Å². The number of thiophene rings is 2. The summed E-state index contributed by atoms with van der Waals surface area (Å²) in [6.45, 7) is 1.46. The Labute approximate surface area is 268 Å². The Hall–Kier alpha value is -5.73. The third-order valence-electron chi connectivity index (χ3n) is 6.90. The number of carboxylic acids is 2. The summed E-state index contributed by atoms with van der Waals surface area (Å²) in [6.07, 6.45) is 2.93. The summed E-state index contributed by atoms with van der Waals surface area (Å²) in [6, 6.07) is 12.8. The second kappa shape index (κ2) is 12.0. The summed E-state index contributed by atoms with van der Waals surface area (Å²) in [7, 11) is 3.15. The number of ether oxygens (including phenoxy) is 3. The van der Waals surface area contributed by atoms with Gasteiger partial charge in [0.05, 0.1) is 62.4 Å². The fourth-order valence-corrected chi connectivity index (χ4v) is 7.18. The van der Waals surface area contributed by atoms with Gasteiger partial charge in [-0.15, -0.1) is 22.7 Å². The van der Waals surface area contributed by atoms with E-state index < -0.39 is 11.9 Å². The van der Waals surface area contributed by atoms with Crippen molar-refractivity contribution >= 4 is 66.6 Å². The maximum Gasteiger partial charge on any atom is 0.335 e. The van der Waals surface area contributed by atoms with Gasteiger partial charge in [-0.25, -0.2) is 14.6 Å². The largest absolute Gasteiger partial charge is 0.495 e. The molecule has 0 bridgehead atoms. The van der Waals surface area contributed by atoms with Crippen molar-refractivity contribution in [2.75, 3.05) is 14.2 Å². The van der Waals surface area contributed by atoms with Crippen molar-refractivity contribution in [3.63, 3.8) is 0 Å². The molecular weight excluding hydrogens is 631 g/mol. The van der Waals surface area contributed by atoms with Crippen molar-refractivity contribution in [2.24, 2.45) is 0 Å². The summed E-state index contributed by atoms with van der Waals surface area (Å²) < 4.78 is 18.5. The first kappa shape index (κ1) is 30.3. The number of nitrogens with zero attached hydrogens (tertiary/aromatic N) is 3. The van der Waals surface area contributed by atoms with Crippen LogP contribution in [0.3, 0.4) is 0 Å². The molecular formula is C32H23N5O7S2. The fraction of sp³-hybridized carbons (Fsp3) is 0.0938. The Morgan fingerprint density at radius 2 is 1.30 bits per heavy atom. The summed E-state index contributed by atoms with van der Waals surface area (Å²) >= 11 is 2.77. The first-order chi connectivity index (χ1) is 22.1. The molecule has 46 heavy (non-hydrogen) atoms. The van der Waals surface area contributed by atoms with Gasteiger partial charge in [0.1, 0.15) is 11.5 Å². The molecule has 14 heteroatoms. The number of carboxylic acid groups (broad SMARTS) is 2. The maximum atomic E-state index is 12.0. The van der Waals surface area contributed by atoms with Gasteiger partial charge in [-0.3, -0.25) is 20.8 Å². The highest BCUT2D eigenvalue weighted by atomic mass is 32.1. The number of nitrogens with one attached hydrogen (secondary N) is 2. The normalized spacial score (nSPS) is 11.0. The smallest absolute Gasteiger partial charge is 0.335 e. The van der Waals surface area contributed by atoms with Crippen LogP contribution in [0.15, 0.2) is 60.9 Å². The molecule has 6 aromatic rings. The molecule has 0 unspecified atom stereocenters. The quantitative estimate of drug-likeness (QED) is 0.0978. The molecule has 0 amide bonds. The minimum atomic E-state index is -1.18. The number of hydrogen-bond donors (Lipinski definition) is 4. The van der Waals surface area contributed by atoms with E-state index in [4.69, 9.17) is 25.0 Å². The number of hydrogen-bond acceptors (Lipinski definition) is 12. The van der Waals surface area contributed by atoms with Crippen molar-refractivity contribution < 1.29 is 34.0 Å². The van der Waals surface area contributed by atoms with Crippen LogP contribution < -0.4 is 9.47 Å². The number of fused-ring (bicyclic) bond motifs is 2. The Morgan fingerprint density at radius 3 is 1.91 bits per heavy atom. The Balaban J connectivity index is 1.47. The zero-order valence-electron chi connectivity index (χ0n) is 24.4. The van der Waals surface area contributed by atoms with E-state index in [0.717, 1.165) is 30.6 Å². The lowest BCUT2D eigenvalue weighted by molar-refractivity contribution is 0.0686. The highest BCUT2D eigenvalue weighted by Crippen LogP contribution is 2.51. The number of pyridine rings is 3. The van der Waals surface area contributed by atoms with Crippen LogP contribution in [0.4, 0.5) is 0 Å². The molecule has 0 aliphatic rings. The molecule has 1 aromatic carbocycles. The molecule has 0 radical (unpaired) electrons. The third-order valence-corrected chi connectivity index (χ3v) is 9.22. The van der Waals surface area contributed by atoms with Crippen LogP contribution in [-0.2, 0) is 4.74 Å². The molecule has 0 atom stereocenters. The van der Waals surface area contributed by atoms with Gasteiger partial charge in [0.25, 0.3) is 0 Å². The van der Waals surface area contributed by atoms with E-state index in [1.807, 2.05) is 12.1 Å². The van der Waals surface area contributed by atoms with Crippen molar-refractivity contribution in [3.05, 3.63) is 76.9 Å². The van der Waals surface area contributed by atoms with Crippen molar-refractivity contribution in [1.29, 1.82) is 10.8 Å². The minimum Gasteiger partial charge on any atom is -0.495 e. The Morgan fingerprint density at radius 1 is 0.739 bits per heavy atom. The first-order valence-corrected chi connectivity index (χ1v) is 15.1. The molecule has 6 rings (SSSR count). The summed E-state index contributed by atoms with van der Waals surface area (Å²) in [5.41, 5.74) is 1.79. The molecule has 12 nitrogen and oxygen atoms in total. The van der Waals surface area contributed by atoms with Gasteiger partial charge < -0.3 is 24.4 Å². The number of methoxy groups -OCH3 is 2. The predicted molar refractivity (Wildman–Crippen MR) is 175 cm³/mol. The fourth-order valence-electron chi connectivity index (χ4n) is 4.91. The van der Waals surface area contributed by atoms with E-state index in [0.29, 0.717) is 22.1 Å². The van der Waals surface area contributed by atoms with Crippen LogP contribution in [-0.4, -0.2) is 63.1 Å². The average molecular weight is 654 g/mol. The topological polar surface area (TPSA) is 189 Å². The second-order valence-corrected chi connectivity index (χ2v) is 12.0. The molecule has 0 saturated heterocycles. The van der Waals surface area contributed by atoms with Gasteiger partial charge >= 0.3 is 11.9 Å². The van der Waals surface area contributed by atoms with Crippen LogP contribution in [0.25, 0.3) is 53.4 Å². The number of rotatable bonds is 8. The summed E-state index contributed by atoms with van der Waals surface area (Å²) in [4.78, 5) is 38.2. The monoisotopic (exact) mass is 653 g/mol. The van der Waals surface area contributed by atoms with Gasteiger partial charge in [-0.2, -0.15) is 0 Å². The lowest BCUT2D eigenvalue weighted by Crippen LogP contribution is -2.06. The number of aromatic carboxylic acids is 2. The van der Waals surface area contributed by atoms with Crippen molar-refractivity contribution in [2.45, 2.75) is 6.92 Å². The van der Waals surface area contributed by atoms with E-state index in [1.54, 1.807) is 32.5 Å². The zero-order chi connectivity index (χ0) is 32.7. The standard InChI is InChI=1S/C32H23N5O7S2/c1-14(33)44-30(34)25-13-19-27(43-3)28-18(26(42-2)29(19)46-25)12-24(45-28)15-4-6-35-20(8-15)22-10-17(32(40)41)11-23(37-22)21-9-16(31(38)39)5-7-36-21/h4-13,33-34H,1-3H3,(H,38,39)(H,40,41). The lowest BCUT2D eigenvalue weighted by Gasteiger charge is -2.08. The first-order valence-electron chi connectivity index (χ1n) is 13.4. The highest BCUT2D eigenvalue weighted by molar-refractivity contribution is 7.24. The third kappa shape index (κ3) is 5.50. The highest BCUT2D eigenvalue weighted by Gasteiger charge is 2.23. The van der Waals surface area contributed by atoms with Crippen LogP contribution in [0.1, 0.15) is 32.5 Å². The van der Waals surface area contributed by atoms with Crippen LogP contribution >= 0.6 is 22.7 Å². The van der Waals surface area contributed by atoms with E-state index >= 15 is 0 Å². The predicted octanol–water partition coefficient (Wildman–Crippen LogP) is 7.05. The van der Waals surface area contributed by atoms with Crippen LogP contribution in [0.5, 0.6) is 11.5 Å². The zero-order valence-corrected chi connectivity index (χ0v) is 26.0. The van der Waals surface area contributed by atoms with Gasteiger partial charge in [-0.05, 0) is 54.1 Å². The van der Waals surface area contributed by atoms with E-state index in [2.05, 4.69) is 15.0 Å². The van der Waals surface area contributed by atoms with Gasteiger partial charge in [0.15, 0.2) is 5.90 Å². The lowest BCUT2D eigenvalue weighted by atomic mass is 10.1. The molecule has 5 heterocycles. The Kier molecular flexibility index (Phi) is 7.90. The molecule has 0 spiro atoms. The van der Waals surface area contributed by atoms with Crippen molar-refractivity contribution in [1.82, 2.24) is 15.0 Å². The number of aromatic nitrogens is 3. The molecule has 0 fully saturated rings. The second-order valence-electron chi connectivity index (χ2n) is 9.86. The summed E-state index contributed by atoms with van der Waals surface area (Å²) in [5.74, 6) is -1.34. The number of carbonyl (C=O) groups is 2. The van der Waals surface area contributed by atoms with Gasteiger partial charge in [-0.1, -0.05) is 0 Å². The number of benzene rings is 1. The SMILES string of the molecule is COc1c2cc(-c3ccnc(-c4cc(C(=O)O)cc(-c5cc(C(=O)O)ccn5)n4)c3)sc2c(OC)c2cc(C(=N)OC(C)=N)sc12. The van der Waals surface area contributed by atoms with Crippen molar-refractivity contribution in [3.8, 4) is 44.7 Å². The Bertz CT molecular complexity index is 2180. The molecule has 0 aliphatic heterocycles. The minimum absolute atomic E-state index is 0.00558. The van der Waals surface area contributed by atoms with Crippen LogP contribution in [0.2, 0.25) is 0 Å². The van der Waals surface area contributed by atoms with E-state index in [9.17, 15) is 19.8 Å². The molecule has 0 saturated carbocycles. The molecule has 4 N–H and O–H groups in total. The van der Waals surface area contributed by atoms with Gasteiger partial charge in [0, 0.05) is 35.0 Å². The average Bonchev–Trinajstić information content (AvgIpc) is 3.69. The van der Waals surface area contributed by atoms with E-state index in [-0.39, 0.29) is 40.0 Å². The summed E-state index contributed by atoms with van der Waals surface area (Å²) in [5, 5.41) is 36.6. The molecule has 5 aromatic heterocycles.